The van der Waals surface area contributed by atoms with E-state index in [1.54, 1.807) is 114 Å². The van der Waals surface area contributed by atoms with Crippen molar-refractivity contribution in [2.75, 3.05) is 19.6 Å². The van der Waals surface area contributed by atoms with E-state index in [2.05, 4.69) is 42.2 Å². The molecule has 0 unspecified atom stereocenters. The second-order valence-corrected chi connectivity index (χ2v) is 21.3. The number of hydrogen-bond acceptors (Lipinski definition) is 13. The topological polar surface area (TPSA) is 284 Å². The Morgan fingerprint density at radius 1 is 0.779 bits per heavy atom. The lowest BCUT2D eigenvalue weighted by Crippen LogP contribution is -2.59. The largest absolute Gasteiger partial charge is 0.489 e. The van der Waals surface area contributed by atoms with E-state index >= 15 is 0 Å². The molecule has 0 spiro atoms. The van der Waals surface area contributed by atoms with Crippen LogP contribution in [0.1, 0.15) is 90.8 Å². The molecular formula is C54H69Cl2N9O12. The molecule has 23 heteroatoms. The molecule has 1 fully saturated rings. The molecule has 2 heterocycles. The molecule has 1 saturated heterocycles. The van der Waals surface area contributed by atoms with Gasteiger partial charge in [-0.15, -0.1) is 0 Å². The maximum absolute atomic E-state index is 14.5. The molecule has 5 rings (SSSR count). The molecule has 0 aromatic heterocycles. The van der Waals surface area contributed by atoms with Gasteiger partial charge in [0.15, 0.2) is 6.10 Å². The van der Waals surface area contributed by atoms with Gasteiger partial charge < -0.3 is 50.8 Å². The molecule has 2 aliphatic heterocycles. The predicted molar refractivity (Wildman–Crippen MR) is 288 cm³/mol. The van der Waals surface area contributed by atoms with Crippen molar-refractivity contribution in [3.8, 4) is 5.75 Å². The van der Waals surface area contributed by atoms with E-state index in [4.69, 9.17) is 37.4 Å². The number of aliphatic hydroxyl groups is 1. The van der Waals surface area contributed by atoms with Crippen molar-refractivity contribution >= 4 is 76.8 Å². The highest BCUT2D eigenvalue weighted by Crippen LogP contribution is 2.26. The second-order valence-electron chi connectivity index (χ2n) is 20.4. The number of nitrogens with zero attached hydrogens (tertiary/aromatic N) is 2. The van der Waals surface area contributed by atoms with Crippen LogP contribution >= 0.6 is 23.2 Å². The molecule has 0 aliphatic carbocycles. The van der Waals surface area contributed by atoms with Crippen LogP contribution in [0.25, 0.3) is 0 Å². The van der Waals surface area contributed by atoms with Crippen molar-refractivity contribution in [3.05, 3.63) is 112 Å². The average Bonchev–Trinajstić information content (AvgIpc) is 3.85. The van der Waals surface area contributed by atoms with Crippen LogP contribution in [0.5, 0.6) is 5.75 Å². The fourth-order valence-electron chi connectivity index (χ4n) is 8.17. The smallest absolute Gasteiger partial charge is 0.414 e. The Kier molecular flexibility index (Phi) is 22.2. The Morgan fingerprint density at radius 2 is 1.40 bits per heavy atom. The number of carbonyl (C=O) groups is 8. The van der Waals surface area contributed by atoms with Crippen molar-refractivity contribution < 1.29 is 57.7 Å². The second kappa shape index (κ2) is 28.2. The fraction of sp³-hybridized carbons (Fsp3) is 0.463. The number of nitrogens with one attached hydrogen (secondary N) is 7. The van der Waals surface area contributed by atoms with E-state index in [0.717, 1.165) is 0 Å². The molecule has 0 saturated carbocycles. The van der Waals surface area contributed by atoms with Crippen LogP contribution in [0.15, 0.2) is 89.9 Å². The number of carbonyl (C=O) groups excluding carboxylic acids is 8. The van der Waals surface area contributed by atoms with Crippen molar-refractivity contribution in [1.82, 2.24) is 42.1 Å². The van der Waals surface area contributed by atoms with Crippen LogP contribution in [0.3, 0.4) is 0 Å². The van der Waals surface area contributed by atoms with Gasteiger partial charge in [-0.2, -0.15) is 0 Å². The molecule has 6 atom stereocenters. The highest BCUT2D eigenvalue weighted by Gasteiger charge is 2.40. The number of alkyl carbamates (subject to hydrolysis) is 2. The molecule has 21 nitrogen and oxygen atoms in total. The van der Waals surface area contributed by atoms with Crippen LogP contribution in [0, 0.1) is 0 Å². The van der Waals surface area contributed by atoms with Gasteiger partial charge in [0, 0.05) is 54.7 Å². The summed E-state index contributed by atoms with van der Waals surface area (Å²) in [4.78, 5) is 114. The summed E-state index contributed by atoms with van der Waals surface area (Å²) < 4.78 is 16.6. The van der Waals surface area contributed by atoms with Crippen molar-refractivity contribution in [2.45, 2.75) is 141 Å². The molecular weight excluding hydrogens is 1040 g/mol. The molecule has 3 aromatic carbocycles. The maximum atomic E-state index is 14.5. The monoisotopic (exact) mass is 1110 g/mol. The van der Waals surface area contributed by atoms with Gasteiger partial charge in [0.1, 0.15) is 41.7 Å². The molecule has 0 bridgehead atoms. The average molecular weight is 1110 g/mol. The zero-order chi connectivity index (χ0) is 56.5. The van der Waals surface area contributed by atoms with E-state index in [9.17, 15) is 43.5 Å². The van der Waals surface area contributed by atoms with E-state index in [-0.39, 0.29) is 64.3 Å². The normalized spacial score (nSPS) is 21.2. The Morgan fingerprint density at radius 3 is 2.01 bits per heavy atom. The van der Waals surface area contributed by atoms with Crippen LogP contribution < -0.4 is 42.0 Å². The minimum absolute atomic E-state index is 0.0210. The van der Waals surface area contributed by atoms with E-state index in [0.29, 0.717) is 38.9 Å². The first-order valence-electron chi connectivity index (χ1n) is 25.2. The van der Waals surface area contributed by atoms with Crippen LogP contribution in [-0.4, -0.2) is 131 Å². The minimum Gasteiger partial charge on any atom is -0.489 e. The van der Waals surface area contributed by atoms with E-state index in [1.807, 2.05) is 0 Å². The van der Waals surface area contributed by atoms with Crippen LogP contribution in [0.4, 0.5) is 9.59 Å². The third-order valence-electron chi connectivity index (χ3n) is 11.7. The third kappa shape index (κ3) is 20.3. The summed E-state index contributed by atoms with van der Waals surface area (Å²) in [5.74, 6) is -4.19. The first-order chi connectivity index (χ1) is 36.3. The molecule has 8 amide bonds. The lowest BCUT2D eigenvalue weighted by molar-refractivity contribution is -0.142. The Hall–Kier alpha value is -7.23. The maximum Gasteiger partial charge on any atom is 0.414 e. The first-order valence-corrected chi connectivity index (χ1v) is 26.0. The molecule has 2 aliphatic rings. The summed E-state index contributed by atoms with van der Waals surface area (Å²) in [6, 6.07) is 14.9. The van der Waals surface area contributed by atoms with Gasteiger partial charge in [0.2, 0.25) is 35.5 Å². The number of benzene rings is 3. The summed E-state index contributed by atoms with van der Waals surface area (Å²) in [7, 11) is 0. The van der Waals surface area contributed by atoms with Gasteiger partial charge in [-0.1, -0.05) is 77.8 Å². The standard InChI is InChI=1S/C54H69Cl2N9O12/c1-32(66)59-42-30-58-44(67)25-22-35(28-34-20-23-36(24-21-34)75-31-37-38(55)16-11-17-39(37)56)60-46(69)41(29-33-14-9-8-10-15-33)62-48(71)45(68)40(61-47(70)43-19-13-27-65(43)49(42)72)18-12-26-57-50(63-51(73)76-53(2,3)4)64-52(74)77-54(5,6)7/h8-11,14-17,20-25,35,40-43,45,68H,12-13,18-19,26-31H2,1-7H3,(H,58,67)(H,59,66)(H,60,69)(H,61,70)(H,62,71)(H2,57,63,64,73,74)/b25-22+/t35-,40+,41-,42+,43+,45-/m1/s1. The van der Waals surface area contributed by atoms with Gasteiger partial charge >= 0.3 is 12.2 Å². The molecule has 0 radical (unpaired) electrons. The summed E-state index contributed by atoms with van der Waals surface area (Å²) in [6.45, 7) is 10.8. The zero-order valence-corrected chi connectivity index (χ0v) is 45.7. The van der Waals surface area contributed by atoms with E-state index in [1.165, 1.54) is 24.0 Å². The summed E-state index contributed by atoms with van der Waals surface area (Å²) in [6.07, 6.45) is -0.703. The first kappa shape index (κ1) is 60.6. The summed E-state index contributed by atoms with van der Waals surface area (Å²) in [5.41, 5.74) is 0.152. The Labute approximate surface area is 458 Å². The van der Waals surface area contributed by atoms with Crippen molar-refractivity contribution in [3.63, 3.8) is 0 Å². The highest BCUT2D eigenvalue weighted by atomic mass is 35.5. The lowest BCUT2D eigenvalue weighted by atomic mass is 10.0. The van der Waals surface area contributed by atoms with Crippen LogP contribution in [-0.2, 0) is 57.7 Å². The number of fused-ring (bicyclic) bond motifs is 1. The van der Waals surface area contributed by atoms with Crippen molar-refractivity contribution in [1.29, 1.82) is 0 Å². The number of halogens is 2. The number of ether oxygens (including phenoxy) is 3. The Bertz CT molecular complexity index is 2590. The van der Waals surface area contributed by atoms with Crippen LogP contribution in [0.2, 0.25) is 10.0 Å². The van der Waals surface area contributed by atoms with Gasteiger partial charge in [-0.25, -0.2) is 9.59 Å². The molecule has 416 valence electrons. The quantitative estimate of drug-likeness (QED) is 0.0705. The SMILES string of the molecule is CC(=O)N[C@H]1CNC(=O)/C=C/[C@H](Cc2ccc(OCc3c(Cl)cccc3Cl)cc2)NC(=O)[C@@H](Cc2ccccc2)NC(=O)[C@H](O)[C@H](CCCN=C(NC(=O)OC(C)(C)C)NC(=O)OC(C)(C)C)NC(=O)[C@@H]2CCCN2C1=O. The number of amides is 8. The minimum atomic E-state index is -2.00. The predicted octanol–water partition coefficient (Wildman–Crippen LogP) is 4.54. The van der Waals surface area contributed by atoms with E-state index < -0.39 is 95.1 Å². The fourth-order valence-corrected chi connectivity index (χ4v) is 8.67. The zero-order valence-electron chi connectivity index (χ0n) is 44.2. The number of aliphatic hydroxyl groups excluding tert-OH is 1. The third-order valence-corrected chi connectivity index (χ3v) is 12.4. The molecule has 8 N–H and O–H groups in total. The number of guanidine groups is 1. The molecule has 3 aromatic rings. The summed E-state index contributed by atoms with van der Waals surface area (Å²) in [5, 5.41) is 31.2. The highest BCUT2D eigenvalue weighted by molar-refractivity contribution is 6.36. The van der Waals surface area contributed by atoms with Crippen molar-refractivity contribution in [2.24, 2.45) is 4.99 Å². The Balaban J connectivity index is 1.47. The number of aliphatic imine (C=N–C) groups is 1. The number of hydrogen-bond donors (Lipinski definition) is 8. The lowest BCUT2D eigenvalue weighted by Gasteiger charge is -2.31. The van der Waals surface area contributed by atoms with Gasteiger partial charge in [0.05, 0.1) is 12.1 Å². The van der Waals surface area contributed by atoms with Gasteiger partial charge in [-0.05, 0) is 109 Å². The van der Waals surface area contributed by atoms with Gasteiger partial charge in [-0.3, -0.25) is 44.4 Å². The molecule has 77 heavy (non-hydrogen) atoms. The number of rotatable bonds is 12. The summed E-state index contributed by atoms with van der Waals surface area (Å²) >= 11 is 12.7. The van der Waals surface area contributed by atoms with Gasteiger partial charge in [0.25, 0.3) is 5.91 Å².